The van der Waals surface area contributed by atoms with Gasteiger partial charge in [0.15, 0.2) is 0 Å². The Morgan fingerprint density at radius 2 is 1.83 bits per heavy atom. The monoisotopic (exact) mass is 166 g/mol. The van der Waals surface area contributed by atoms with Crippen LogP contribution < -0.4 is 0 Å². The maximum atomic E-state index is 6.11. The van der Waals surface area contributed by atoms with Gasteiger partial charge >= 0.3 is 0 Å². The Balaban J connectivity index is 1.71. The van der Waals surface area contributed by atoms with Crippen LogP contribution in [0.3, 0.4) is 0 Å². The highest BCUT2D eigenvalue weighted by Crippen LogP contribution is 2.50. The minimum Gasteiger partial charge on any atom is -0.375 e. The molecule has 1 nitrogen and oxygen atoms in total. The van der Waals surface area contributed by atoms with E-state index in [9.17, 15) is 0 Å². The normalized spacial score (nSPS) is 44.0. The highest BCUT2D eigenvalue weighted by molar-refractivity contribution is 4.96. The maximum absolute atomic E-state index is 6.11. The van der Waals surface area contributed by atoms with Crippen molar-refractivity contribution in [3.8, 4) is 0 Å². The molecule has 3 rings (SSSR count). The molecule has 2 unspecified atom stereocenters. The number of ether oxygens (including phenoxy) is 1. The van der Waals surface area contributed by atoms with E-state index in [4.69, 9.17) is 4.74 Å². The summed E-state index contributed by atoms with van der Waals surface area (Å²) in [5, 5.41) is 0. The summed E-state index contributed by atoms with van der Waals surface area (Å²) in [6, 6.07) is 0. The zero-order valence-electron chi connectivity index (χ0n) is 7.72. The summed E-state index contributed by atoms with van der Waals surface area (Å²) < 4.78 is 6.11. The van der Waals surface area contributed by atoms with Gasteiger partial charge in [-0.15, -0.1) is 0 Å². The molecule has 3 fully saturated rings. The van der Waals surface area contributed by atoms with Crippen LogP contribution in [0.5, 0.6) is 0 Å². The number of hydrogen-bond acceptors (Lipinski definition) is 1. The minimum absolute atomic E-state index is 0.368. The molecule has 1 aliphatic heterocycles. The van der Waals surface area contributed by atoms with Crippen LogP contribution in [0.1, 0.15) is 44.9 Å². The molecular formula is C11H18O. The van der Waals surface area contributed by atoms with Crippen LogP contribution in [0.25, 0.3) is 0 Å². The van der Waals surface area contributed by atoms with E-state index >= 15 is 0 Å². The molecule has 0 amide bonds. The van der Waals surface area contributed by atoms with Crippen LogP contribution in [0.15, 0.2) is 0 Å². The standard InChI is InChI=1S/C11H18O/c1-2-5-11(4-1)6-3-9-7-10(9)8-12-11/h9-10H,1-8H2. The van der Waals surface area contributed by atoms with Gasteiger partial charge in [0, 0.05) is 0 Å². The van der Waals surface area contributed by atoms with Crippen LogP contribution >= 0.6 is 0 Å². The van der Waals surface area contributed by atoms with Gasteiger partial charge in [0.25, 0.3) is 0 Å². The van der Waals surface area contributed by atoms with E-state index in [0.29, 0.717) is 5.60 Å². The summed E-state index contributed by atoms with van der Waals surface area (Å²) >= 11 is 0. The first-order chi connectivity index (χ1) is 5.88. The lowest BCUT2D eigenvalue weighted by atomic mass is 9.95. The molecular weight excluding hydrogens is 148 g/mol. The molecule has 0 radical (unpaired) electrons. The van der Waals surface area contributed by atoms with E-state index in [1.165, 1.54) is 44.9 Å². The first-order valence-corrected chi connectivity index (χ1v) is 5.52. The quantitative estimate of drug-likeness (QED) is 0.537. The Morgan fingerprint density at radius 1 is 1.00 bits per heavy atom. The van der Waals surface area contributed by atoms with E-state index in [2.05, 4.69) is 0 Å². The lowest BCUT2D eigenvalue weighted by Gasteiger charge is -2.28. The van der Waals surface area contributed by atoms with Crippen LogP contribution in [0.4, 0.5) is 0 Å². The van der Waals surface area contributed by atoms with Crippen molar-refractivity contribution in [3.05, 3.63) is 0 Å². The molecule has 1 heterocycles. The summed E-state index contributed by atoms with van der Waals surface area (Å²) in [6.45, 7) is 1.09. The number of fused-ring (bicyclic) bond motifs is 1. The second-order valence-corrected chi connectivity index (χ2v) is 5.00. The first-order valence-electron chi connectivity index (χ1n) is 5.52. The van der Waals surface area contributed by atoms with Gasteiger partial charge in [-0.3, -0.25) is 0 Å². The fraction of sp³-hybridized carbons (Fsp3) is 1.00. The third-order valence-corrected chi connectivity index (χ3v) is 4.16. The number of hydrogen-bond donors (Lipinski definition) is 0. The molecule has 1 heteroatoms. The maximum Gasteiger partial charge on any atom is 0.0682 e. The Bertz CT molecular complexity index is 167. The molecule has 0 aromatic carbocycles. The van der Waals surface area contributed by atoms with Crippen LogP contribution in [0.2, 0.25) is 0 Å². The number of rotatable bonds is 0. The van der Waals surface area contributed by atoms with Gasteiger partial charge in [0.1, 0.15) is 0 Å². The third-order valence-electron chi connectivity index (χ3n) is 4.16. The largest absolute Gasteiger partial charge is 0.375 e. The molecule has 0 bridgehead atoms. The molecule has 2 atom stereocenters. The average Bonchev–Trinajstić information content (AvgIpc) is 2.70. The lowest BCUT2D eigenvalue weighted by Crippen LogP contribution is -2.28. The lowest BCUT2D eigenvalue weighted by molar-refractivity contribution is -0.0443. The van der Waals surface area contributed by atoms with Gasteiger partial charge in [-0.2, -0.15) is 0 Å². The highest BCUT2D eigenvalue weighted by Gasteiger charge is 2.45. The first kappa shape index (κ1) is 7.37. The van der Waals surface area contributed by atoms with Gasteiger partial charge in [-0.1, -0.05) is 12.8 Å². The second-order valence-electron chi connectivity index (χ2n) is 5.00. The van der Waals surface area contributed by atoms with E-state index in [-0.39, 0.29) is 0 Å². The Labute approximate surface area is 74.5 Å². The molecule has 0 aromatic rings. The van der Waals surface area contributed by atoms with Crippen molar-refractivity contribution in [2.24, 2.45) is 11.8 Å². The summed E-state index contributed by atoms with van der Waals surface area (Å²) in [6.07, 6.45) is 9.83. The molecule has 68 valence electrons. The molecule has 1 saturated heterocycles. The molecule has 2 saturated carbocycles. The van der Waals surface area contributed by atoms with Gasteiger partial charge in [-0.25, -0.2) is 0 Å². The highest BCUT2D eigenvalue weighted by atomic mass is 16.5. The van der Waals surface area contributed by atoms with Crippen LogP contribution in [0, 0.1) is 11.8 Å². The van der Waals surface area contributed by atoms with Crippen molar-refractivity contribution in [1.82, 2.24) is 0 Å². The van der Waals surface area contributed by atoms with Gasteiger partial charge in [-0.05, 0) is 43.9 Å². The second kappa shape index (κ2) is 2.47. The molecule has 2 aliphatic carbocycles. The van der Waals surface area contributed by atoms with Crippen LogP contribution in [-0.2, 0) is 4.74 Å². The van der Waals surface area contributed by atoms with Crippen molar-refractivity contribution in [2.45, 2.75) is 50.5 Å². The fourth-order valence-corrected chi connectivity index (χ4v) is 3.09. The Hall–Kier alpha value is -0.0400. The van der Waals surface area contributed by atoms with E-state index in [1.54, 1.807) is 0 Å². The van der Waals surface area contributed by atoms with Crippen molar-refractivity contribution in [3.63, 3.8) is 0 Å². The molecule has 1 spiro atoms. The van der Waals surface area contributed by atoms with Crippen molar-refractivity contribution < 1.29 is 4.74 Å². The summed E-state index contributed by atoms with van der Waals surface area (Å²) in [4.78, 5) is 0. The summed E-state index contributed by atoms with van der Waals surface area (Å²) in [7, 11) is 0. The van der Waals surface area contributed by atoms with Crippen molar-refractivity contribution in [2.75, 3.05) is 6.61 Å². The Morgan fingerprint density at radius 3 is 2.67 bits per heavy atom. The Kier molecular flexibility index (Phi) is 1.52. The SMILES string of the molecule is C1CCC2(C1)CCC1CC1CO2. The molecule has 0 aromatic heterocycles. The average molecular weight is 166 g/mol. The van der Waals surface area contributed by atoms with E-state index in [0.717, 1.165) is 18.4 Å². The zero-order chi connectivity index (χ0) is 8.02. The third kappa shape index (κ3) is 1.10. The fourth-order valence-electron chi connectivity index (χ4n) is 3.09. The molecule has 3 aliphatic rings. The minimum atomic E-state index is 0.368. The molecule has 12 heavy (non-hydrogen) atoms. The van der Waals surface area contributed by atoms with Gasteiger partial charge in [0.2, 0.25) is 0 Å². The van der Waals surface area contributed by atoms with Crippen LogP contribution in [-0.4, -0.2) is 12.2 Å². The predicted molar refractivity (Wildman–Crippen MR) is 48.0 cm³/mol. The van der Waals surface area contributed by atoms with Crippen molar-refractivity contribution >= 4 is 0 Å². The summed E-state index contributed by atoms with van der Waals surface area (Å²) in [5.74, 6) is 2.02. The summed E-state index contributed by atoms with van der Waals surface area (Å²) in [5.41, 5.74) is 0.368. The van der Waals surface area contributed by atoms with Crippen molar-refractivity contribution in [1.29, 1.82) is 0 Å². The smallest absolute Gasteiger partial charge is 0.0682 e. The predicted octanol–water partition coefficient (Wildman–Crippen LogP) is 2.75. The van der Waals surface area contributed by atoms with E-state index in [1.807, 2.05) is 0 Å². The van der Waals surface area contributed by atoms with Gasteiger partial charge < -0.3 is 4.74 Å². The zero-order valence-corrected chi connectivity index (χ0v) is 7.72. The molecule has 0 N–H and O–H groups in total. The topological polar surface area (TPSA) is 9.23 Å². The van der Waals surface area contributed by atoms with E-state index < -0.39 is 0 Å². The van der Waals surface area contributed by atoms with Gasteiger partial charge in [0.05, 0.1) is 12.2 Å².